The second-order valence-corrected chi connectivity index (χ2v) is 7.62. The van der Waals surface area contributed by atoms with Crippen LogP contribution in [-0.2, 0) is 11.3 Å². The van der Waals surface area contributed by atoms with Gasteiger partial charge in [0.05, 0.1) is 23.9 Å². The van der Waals surface area contributed by atoms with Crippen LogP contribution in [0.5, 0.6) is 5.75 Å². The lowest BCUT2D eigenvalue weighted by Gasteiger charge is -2.12. The van der Waals surface area contributed by atoms with E-state index in [-0.39, 0.29) is 17.2 Å². The van der Waals surface area contributed by atoms with E-state index in [2.05, 4.69) is 16.9 Å². The second-order valence-electron chi connectivity index (χ2n) is 5.78. The summed E-state index contributed by atoms with van der Waals surface area (Å²) in [5.74, 6) is 0.521. The van der Waals surface area contributed by atoms with E-state index in [1.54, 1.807) is 19.3 Å². The highest BCUT2D eigenvalue weighted by Crippen LogP contribution is 2.26. The molecular formula is C19H19N3O3S2. The average molecular weight is 402 g/mol. The molecule has 1 amide bonds. The largest absolute Gasteiger partial charge is 0.495 e. The van der Waals surface area contributed by atoms with Crippen LogP contribution in [0.15, 0.2) is 52.3 Å². The Hall–Kier alpha value is -2.58. The monoisotopic (exact) mass is 401 g/mol. The summed E-state index contributed by atoms with van der Waals surface area (Å²) in [4.78, 5) is 30.2. The summed E-state index contributed by atoms with van der Waals surface area (Å²) in [6.07, 6.45) is 1.64. The third kappa shape index (κ3) is 4.23. The zero-order chi connectivity index (χ0) is 19.4. The number of thioether (sulfide) groups is 1. The van der Waals surface area contributed by atoms with Crippen molar-refractivity contribution in [2.75, 3.05) is 18.2 Å². The summed E-state index contributed by atoms with van der Waals surface area (Å²) in [6.45, 7) is 5.98. The summed E-state index contributed by atoms with van der Waals surface area (Å²) in [7, 11) is 1.56. The topological polar surface area (TPSA) is 73.2 Å². The molecule has 1 N–H and O–H groups in total. The van der Waals surface area contributed by atoms with Crippen molar-refractivity contribution in [1.82, 2.24) is 9.55 Å². The number of anilines is 1. The van der Waals surface area contributed by atoms with Crippen molar-refractivity contribution < 1.29 is 9.53 Å². The Balaban J connectivity index is 1.79. The molecule has 0 aliphatic carbocycles. The van der Waals surface area contributed by atoms with Crippen molar-refractivity contribution in [2.45, 2.75) is 18.6 Å². The molecule has 6 nitrogen and oxygen atoms in total. The SMILES string of the molecule is C=CCn1c(SCC(=O)Nc2cc(C)ccc2OC)nc2sccc2c1=O. The van der Waals surface area contributed by atoms with E-state index in [1.165, 1.54) is 27.7 Å². The van der Waals surface area contributed by atoms with Crippen LogP contribution in [0, 0.1) is 6.92 Å². The maximum absolute atomic E-state index is 12.6. The first kappa shape index (κ1) is 19.2. The van der Waals surface area contributed by atoms with Gasteiger partial charge in [-0.2, -0.15) is 0 Å². The number of amides is 1. The van der Waals surface area contributed by atoms with E-state index in [0.717, 1.165) is 5.56 Å². The highest BCUT2D eigenvalue weighted by Gasteiger charge is 2.14. The molecule has 0 aliphatic heterocycles. The number of carbonyl (C=O) groups is 1. The number of allylic oxidation sites excluding steroid dienone is 1. The molecule has 0 unspecified atom stereocenters. The van der Waals surface area contributed by atoms with E-state index in [1.807, 2.05) is 30.5 Å². The van der Waals surface area contributed by atoms with Crippen molar-refractivity contribution in [3.05, 3.63) is 58.2 Å². The summed E-state index contributed by atoms with van der Waals surface area (Å²) >= 11 is 2.63. The fourth-order valence-corrected chi connectivity index (χ4v) is 4.18. The van der Waals surface area contributed by atoms with Gasteiger partial charge in [-0.3, -0.25) is 14.2 Å². The van der Waals surface area contributed by atoms with Crippen LogP contribution in [0.2, 0.25) is 0 Å². The van der Waals surface area contributed by atoms with Crippen molar-refractivity contribution in [1.29, 1.82) is 0 Å². The first-order valence-electron chi connectivity index (χ1n) is 8.19. The highest BCUT2D eigenvalue weighted by atomic mass is 32.2. The maximum atomic E-state index is 12.6. The van der Waals surface area contributed by atoms with Gasteiger partial charge in [-0.1, -0.05) is 23.9 Å². The minimum absolute atomic E-state index is 0.121. The number of aryl methyl sites for hydroxylation is 1. The quantitative estimate of drug-likeness (QED) is 0.371. The normalized spacial score (nSPS) is 10.7. The van der Waals surface area contributed by atoms with Crippen LogP contribution in [-0.4, -0.2) is 28.3 Å². The van der Waals surface area contributed by atoms with Crippen LogP contribution in [0.25, 0.3) is 10.2 Å². The number of fused-ring (bicyclic) bond motifs is 1. The number of aromatic nitrogens is 2. The third-order valence-electron chi connectivity index (χ3n) is 3.82. The lowest BCUT2D eigenvalue weighted by atomic mass is 10.2. The Morgan fingerprint density at radius 1 is 1.44 bits per heavy atom. The lowest BCUT2D eigenvalue weighted by Crippen LogP contribution is -2.23. The van der Waals surface area contributed by atoms with Crippen molar-refractivity contribution in [2.24, 2.45) is 0 Å². The van der Waals surface area contributed by atoms with Gasteiger partial charge < -0.3 is 10.1 Å². The molecule has 0 spiro atoms. The molecule has 3 aromatic rings. The number of benzene rings is 1. The number of carbonyl (C=O) groups excluding carboxylic acids is 1. The predicted molar refractivity (Wildman–Crippen MR) is 111 cm³/mol. The number of rotatable bonds is 7. The fourth-order valence-electron chi connectivity index (χ4n) is 2.57. The second kappa shape index (κ2) is 8.41. The molecule has 0 aliphatic rings. The molecule has 0 fully saturated rings. The van der Waals surface area contributed by atoms with Gasteiger partial charge in [0, 0.05) is 6.54 Å². The van der Waals surface area contributed by atoms with Crippen LogP contribution in [0.1, 0.15) is 5.56 Å². The van der Waals surface area contributed by atoms with Gasteiger partial charge in [-0.15, -0.1) is 17.9 Å². The van der Waals surface area contributed by atoms with Gasteiger partial charge in [-0.05, 0) is 36.1 Å². The molecule has 27 heavy (non-hydrogen) atoms. The van der Waals surface area contributed by atoms with Gasteiger partial charge in [-0.25, -0.2) is 4.98 Å². The third-order valence-corrected chi connectivity index (χ3v) is 5.60. The minimum Gasteiger partial charge on any atom is -0.495 e. The number of thiophene rings is 1. The number of hydrogen-bond acceptors (Lipinski definition) is 6. The zero-order valence-electron chi connectivity index (χ0n) is 15.0. The number of nitrogens with one attached hydrogen (secondary N) is 1. The van der Waals surface area contributed by atoms with E-state index in [4.69, 9.17) is 4.74 Å². The molecule has 0 saturated carbocycles. The Morgan fingerprint density at radius 2 is 2.26 bits per heavy atom. The van der Waals surface area contributed by atoms with Crippen LogP contribution in [0.3, 0.4) is 0 Å². The van der Waals surface area contributed by atoms with Gasteiger partial charge >= 0.3 is 0 Å². The van der Waals surface area contributed by atoms with Gasteiger partial charge in [0.25, 0.3) is 5.56 Å². The fraction of sp³-hybridized carbons (Fsp3) is 0.211. The Morgan fingerprint density at radius 3 is 3.00 bits per heavy atom. The molecule has 8 heteroatoms. The van der Waals surface area contributed by atoms with Crippen LogP contribution < -0.4 is 15.6 Å². The van der Waals surface area contributed by atoms with E-state index >= 15 is 0 Å². The highest BCUT2D eigenvalue weighted by molar-refractivity contribution is 7.99. The first-order chi connectivity index (χ1) is 13.0. The molecule has 0 radical (unpaired) electrons. The first-order valence-corrected chi connectivity index (χ1v) is 10.1. The number of ether oxygens (including phenoxy) is 1. The Kier molecular flexibility index (Phi) is 5.98. The van der Waals surface area contributed by atoms with Gasteiger partial charge in [0.1, 0.15) is 10.6 Å². The molecule has 0 saturated heterocycles. The molecular weight excluding hydrogens is 382 g/mol. The maximum Gasteiger partial charge on any atom is 0.263 e. The molecule has 3 rings (SSSR count). The van der Waals surface area contributed by atoms with Crippen molar-refractivity contribution in [3.63, 3.8) is 0 Å². The van der Waals surface area contributed by atoms with Crippen LogP contribution in [0.4, 0.5) is 5.69 Å². The van der Waals surface area contributed by atoms with E-state index < -0.39 is 0 Å². The summed E-state index contributed by atoms with van der Waals surface area (Å²) in [5, 5.41) is 5.77. The molecule has 140 valence electrons. The lowest BCUT2D eigenvalue weighted by molar-refractivity contribution is -0.113. The molecule has 0 bridgehead atoms. The number of hydrogen-bond donors (Lipinski definition) is 1. The number of methoxy groups -OCH3 is 1. The minimum atomic E-state index is -0.199. The Labute approximate surface area is 164 Å². The molecule has 2 aromatic heterocycles. The Bertz CT molecular complexity index is 1060. The van der Waals surface area contributed by atoms with Crippen molar-refractivity contribution in [3.8, 4) is 5.75 Å². The zero-order valence-corrected chi connectivity index (χ0v) is 16.7. The molecule has 2 heterocycles. The average Bonchev–Trinajstić information content (AvgIpc) is 3.12. The summed E-state index contributed by atoms with van der Waals surface area (Å²) in [5.41, 5.74) is 1.51. The summed E-state index contributed by atoms with van der Waals surface area (Å²) < 4.78 is 6.82. The van der Waals surface area contributed by atoms with Gasteiger partial charge in [0.15, 0.2) is 5.16 Å². The van der Waals surface area contributed by atoms with Crippen molar-refractivity contribution >= 4 is 44.9 Å². The van der Waals surface area contributed by atoms with E-state index in [0.29, 0.717) is 33.4 Å². The molecule has 0 atom stereocenters. The summed E-state index contributed by atoms with van der Waals surface area (Å²) in [6, 6.07) is 7.34. The standard InChI is InChI=1S/C19H19N3O3S2/c1-4-8-22-18(24)13-7-9-26-17(13)21-19(22)27-11-16(23)20-14-10-12(2)5-6-15(14)25-3/h4-7,9-10H,1,8,11H2,2-3H3,(H,20,23). The van der Waals surface area contributed by atoms with E-state index in [9.17, 15) is 9.59 Å². The molecule has 1 aromatic carbocycles. The van der Waals surface area contributed by atoms with Gasteiger partial charge in [0.2, 0.25) is 5.91 Å². The number of nitrogens with zero attached hydrogens (tertiary/aromatic N) is 2. The smallest absolute Gasteiger partial charge is 0.263 e. The predicted octanol–water partition coefficient (Wildman–Crippen LogP) is 3.69. The van der Waals surface area contributed by atoms with Crippen LogP contribution >= 0.6 is 23.1 Å².